The normalized spacial score (nSPS) is 13.0. The van der Waals surface area contributed by atoms with E-state index in [0.29, 0.717) is 33.3 Å². The van der Waals surface area contributed by atoms with Crippen LogP contribution in [0.25, 0.3) is 0 Å². The monoisotopic (exact) mass is 549 g/mol. The number of imide groups is 1. The lowest BCUT2D eigenvalue weighted by molar-refractivity contribution is -0.120. The van der Waals surface area contributed by atoms with Crippen molar-refractivity contribution in [3.8, 4) is 5.75 Å². The van der Waals surface area contributed by atoms with Gasteiger partial charge in [0, 0.05) is 21.8 Å². The number of ether oxygens (including phenoxy) is 1. The van der Waals surface area contributed by atoms with E-state index >= 15 is 0 Å². The summed E-state index contributed by atoms with van der Waals surface area (Å²) in [5.74, 6) is -0.514. The zero-order valence-electron chi connectivity index (χ0n) is 22.2. The van der Waals surface area contributed by atoms with Crippen molar-refractivity contribution in [1.82, 2.24) is 0 Å². The van der Waals surface area contributed by atoms with Crippen LogP contribution in [0.2, 0.25) is 0 Å². The van der Waals surface area contributed by atoms with Gasteiger partial charge in [-0.25, -0.2) is 4.90 Å². The molecule has 5 rings (SSSR count). The van der Waals surface area contributed by atoms with Crippen molar-refractivity contribution in [2.75, 3.05) is 22.6 Å². The molecule has 7 nitrogen and oxygen atoms in total. The first kappa shape index (κ1) is 26.8. The Morgan fingerprint density at radius 3 is 2.23 bits per heavy atom. The summed E-state index contributed by atoms with van der Waals surface area (Å²) in [7, 11) is 1.56. The molecule has 1 aliphatic heterocycles. The summed E-state index contributed by atoms with van der Waals surface area (Å²) in [6.07, 6.45) is 0. The molecule has 2 N–H and O–H groups in total. The molecular formula is C32H27N3O4S. The first-order chi connectivity index (χ1) is 19.3. The predicted octanol–water partition coefficient (Wildman–Crippen LogP) is 6.55. The zero-order valence-corrected chi connectivity index (χ0v) is 23.0. The Kier molecular flexibility index (Phi) is 7.70. The van der Waals surface area contributed by atoms with Gasteiger partial charge in [-0.15, -0.1) is 0 Å². The molecule has 40 heavy (non-hydrogen) atoms. The van der Waals surface area contributed by atoms with E-state index in [-0.39, 0.29) is 16.5 Å². The third-order valence-electron chi connectivity index (χ3n) is 6.50. The number of rotatable bonds is 8. The van der Waals surface area contributed by atoms with Crippen LogP contribution in [-0.4, -0.2) is 24.8 Å². The number of benzene rings is 4. The Morgan fingerprint density at radius 2 is 1.52 bits per heavy atom. The third-order valence-corrected chi connectivity index (χ3v) is 7.57. The van der Waals surface area contributed by atoms with E-state index in [2.05, 4.69) is 10.6 Å². The van der Waals surface area contributed by atoms with Crippen molar-refractivity contribution in [3.05, 3.63) is 124 Å². The van der Waals surface area contributed by atoms with Gasteiger partial charge >= 0.3 is 0 Å². The quantitative estimate of drug-likeness (QED) is 0.242. The fourth-order valence-electron chi connectivity index (χ4n) is 4.19. The molecule has 0 radical (unpaired) electrons. The van der Waals surface area contributed by atoms with Crippen molar-refractivity contribution in [2.24, 2.45) is 0 Å². The molecule has 0 saturated heterocycles. The number of nitrogens with one attached hydrogen (secondary N) is 2. The Morgan fingerprint density at radius 1 is 0.775 bits per heavy atom. The lowest BCUT2D eigenvalue weighted by atomic mass is 10.1. The number of carbonyl (C=O) groups is 3. The summed E-state index contributed by atoms with van der Waals surface area (Å²) in [6, 6.07) is 28.6. The van der Waals surface area contributed by atoms with E-state index in [0.717, 1.165) is 16.0 Å². The van der Waals surface area contributed by atoms with Crippen LogP contribution >= 0.6 is 11.8 Å². The number of aryl methyl sites for hydroxylation is 2. The van der Waals surface area contributed by atoms with Crippen molar-refractivity contribution in [1.29, 1.82) is 0 Å². The highest BCUT2D eigenvalue weighted by Gasteiger charge is 2.40. The number of nitrogens with zero attached hydrogens (tertiary/aromatic N) is 1. The Bertz CT molecular complexity index is 1630. The van der Waals surface area contributed by atoms with Crippen LogP contribution in [0.1, 0.15) is 21.5 Å². The summed E-state index contributed by atoms with van der Waals surface area (Å²) in [5.41, 5.74) is 4.63. The number of anilines is 3. The molecule has 0 aromatic heterocycles. The van der Waals surface area contributed by atoms with Gasteiger partial charge in [-0.05, 0) is 91.7 Å². The van der Waals surface area contributed by atoms with Crippen LogP contribution in [-0.2, 0) is 9.59 Å². The van der Waals surface area contributed by atoms with E-state index in [1.54, 1.807) is 73.8 Å². The average Bonchev–Trinajstić information content (AvgIpc) is 3.19. The Balaban J connectivity index is 1.47. The lowest BCUT2D eigenvalue weighted by Gasteiger charge is -2.16. The van der Waals surface area contributed by atoms with Crippen LogP contribution < -0.4 is 20.3 Å². The smallest absolute Gasteiger partial charge is 0.283 e. The molecule has 0 aliphatic carbocycles. The van der Waals surface area contributed by atoms with Gasteiger partial charge in [-0.2, -0.15) is 0 Å². The predicted molar refractivity (Wildman–Crippen MR) is 159 cm³/mol. The maximum Gasteiger partial charge on any atom is 0.283 e. The third kappa shape index (κ3) is 5.62. The molecule has 4 aromatic carbocycles. The minimum atomic E-state index is -0.454. The number of hydrogen-bond acceptors (Lipinski definition) is 6. The van der Waals surface area contributed by atoms with E-state index < -0.39 is 11.8 Å². The summed E-state index contributed by atoms with van der Waals surface area (Å²) in [6.45, 7) is 4.00. The number of carbonyl (C=O) groups excluding carboxylic acids is 3. The van der Waals surface area contributed by atoms with E-state index in [1.807, 2.05) is 44.2 Å². The first-order valence-electron chi connectivity index (χ1n) is 12.6. The van der Waals surface area contributed by atoms with E-state index in [1.165, 1.54) is 11.8 Å². The number of amides is 3. The highest BCUT2D eigenvalue weighted by Crippen LogP contribution is 2.39. The van der Waals surface area contributed by atoms with Crippen molar-refractivity contribution >= 4 is 46.5 Å². The van der Waals surface area contributed by atoms with E-state index in [4.69, 9.17) is 4.74 Å². The van der Waals surface area contributed by atoms with Crippen LogP contribution in [0.15, 0.2) is 113 Å². The fourth-order valence-corrected chi connectivity index (χ4v) is 5.18. The van der Waals surface area contributed by atoms with Gasteiger partial charge in [-0.3, -0.25) is 14.4 Å². The SMILES string of the molecule is COc1ccc(N2C(=O)C(Nc3ccc(C)c(C)c3)=C(Sc3cccc(NC(=O)c4ccccc4)c3)C2=O)cc1. The molecule has 3 amide bonds. The minimum Gasteiger partial charge on any atom is -0.497 e. The number of hydrogen-bond donors (Lipinski definition) is 2. The van der Waals surface area contributed by atoms with Crippen LogP contribution in [0.5, 0.6) is 5.75 Å². The molecule has 0 unspecified atom stereocenters. The van der Waals surface area contributed by atoms with Gasteiger partial charge in [-0.1, -0.05) is 42.1 Å². The van der Waals surface area contributed by atoms with Crippen LogP contribution in [0, 0.1) is 13.8 Å². The van der Waals surface area contributed by atoms with Crippen molar-refractivity contribution in [3.63, 3.8) is 0 Å². The molecule has 0 bridgehead atoms. The molecule has 0 fully saturated rings. The largest absolute Gasteiger partial charge is 0.497 e. The van der Waals surface area contributed by atoms with Gasteiger partial charge in [0.25, 0.3) is 17.7 Å². The van der Waals surface area contributed by atoms with Crippen molar-refractivity contribution < 1.29 is 19.1 Å². The summed E-state index contributed by atoms with van der Waals surface area (Å²) in [4.78, 5) is 42.2. The second-order valence-electron chi connectivity index (χ2n) is 9.22. The minimum absolute atomic E-state index is 0.188. The highest BCUT2D eigenvalue weighted by molar-refractivity contribution is 8.04. The maximum absolute atomic E-state index is 13.7. The van der Waals surface area contributed by atoms with Gasteiger partial charge in [0.2, 0.25) is 0 Å². The second-order valence-corrected chi connectivity index (χ2v) is 10.3. The van der Waals surface area contributed by atoms with Gasteiger partial charge in [0.15, 0.2) is 0 Å². The molecule has 1 aliphatic rings. The average molecular weight is 550 g/mol. The standard InChI is InChI=1S/C32H27N3O4S/c1-20-12-13-24(18-21(20)2)33-28-29(32(38)35(31(28)37)25-14-16-26(39-3)17-15-25)40-27-11-7-10-23(19-27)34-30(36)22-8-5-4-6-9-22/h4-19,33H,1-3H3,(H,34,36). The van der Waals surface area contributed by atoms with Crippen molar-refractivity contribution in [2.45, 2.75) is 18.7 Å². The van der Waals surface area contributed by atoms with Gasteiger partial charge < -0.3 is 15.4 Å². The topological polar surface area (TPSA) is 87.7 Å². The molecule has 200 valence electrons. The molecular weight excluding hydrogens is 522 g/mol. The van der Waals surface area contributed by atoms with Gasteiger partial charge in [0.1, 0.15) is 16.4 Å². The second kappa shape index (κ2) is 11.5. The number of methoxy groups -OCH3 is 1. The lowest BCUT2D eigenvalue weighted by Crippen LogP contribution is -2.32. The maximum atomic E-state index is 13.7. The molecule has 0 spiro atoms. The molecule has 4 aromatic rings. The fraction of sp³-hybridized carbons (Fsp3) is 0.0938. The summed E-state index contributed by atoms with van der Waals surface area (Å²) < 4.78 is 5.23. The molecule has 0 saturated carbocycles. The number of thioether (sulfide) groups is 1. The van der Waals surface area contributed by atoms with Gasteiger partial charge in [0.05, 0.1) is 12.8 Å². The zero-order chi connectivity index (χ0) is 28.2. The molecule has 1 heterocycles. The summed E-state index contributed by atoms with van der Waals surface area (Å²) in [5, 5.41) is 6.10. The van der Waals surface area contributed by atoms with E-state index in [9.17, 15) is 14.4 Å². The molecule has 8 heteroatoms. The summed E-state index contributed by atoms with van der Waals surface area (Å²) >= 11 is 1.17. The molecule has 0 atom stereocenters. The van der Waals surface area contributed by atoms with Crippen LogP contribution in [0.4, 0.5) is 17.1 Å². The Labute approximate surface area is 236 Å². The first-order valence-corrected chi connectivity index (χ1v) is 13.4. The van der Waals surface area contributed by atoms with Crippen LogP contribution in [0.3, 0.4) is 0 Å². The highest BCUT2D eigenvalue weighted by atomic mass is 32.2. The Hall–Kier alpha value is -4.82.